The van der Waals surface area contributed by atoms with Crippen molar-refractivity contribution in [2.75, 3.05) is 26.7 Å². The van der Waals surface area contributed by atoms with E-state index < -0.39 is 12.2 Å². The molecule has 9 nitrogen and oxygen atoms in total. The summed E-state index contributed by atoms with van der Waals surface area (Å²) in [6.07, 6.45) is 1.23. The lowest BCUT2D eigenvalue weighted by Crippen LogP contribution is -2.76. The van der Waals surface area contributed by atoms with Crippen molar-refractivity contribution >= 4 is 17.8 Å². The lowest BCUT2D eigenvalue weighted by Gasteiger charge is -2.54. The number of aryl methyl sites for hydroxylation is 1. The standard InChI is InChI=1S/C31H35N5O4/c1-33-22-29(38)35-27(19-24-14-16-26(37)17-15-24)30(39)34(18-8-13-23-9-4-2-5-10-23)21-28(35)36(33)31(40)32-20-25-11-6-3-7-12-25/h2-7,9-12,14-17,27-28,37H,8,13,18-22H2,1H3,(H,32,40)/t27?,28-/m0/s1. The molecule has 0 saturated carbocycles. The molecule has 2 fully saturated rings. The summed E-state index contributed by atoms with van der Waals surface area (Å²) >= 11 is 0. The van der Waals surface area contributed by atoms with Gasteiger partial charge in [-0.15, -0.1) is 0 Å². The van der Waals surface area contributed by atoms with Crippen LogP contribution in [0.3, 0.4) is 0 Å². The highest BCUT2D eigenvalue weighted by Crippen LogP contribution is 2.28. The van der Waals surface area contributed by atoms with Crippen molar-refractivity contribution in [2.45, 2.75) is 38.0 Å². The molecule has 3 aromatic carbocycles. The largest absolute Gasteiger partial charge is 0.508 e. The van der Waals surface area contributed by atoms with Gasteiger partial charge in [0.25, 0.3) is 0 Å². The molecule has 0 aliphatic carbocycles. The maximum Gasteiger partial charge on any atom is 0.334 e. The molecule has 2 heterocycles. The number of fused-ring (bicyclic) bond motifs is 1. The number of hydrogen-bond donors (Lipinski definition) is 2. The van der Waals surface area contributed by atoms with Crippen LogP contribution in [0.4, 0.5) is 4.79 Å². The van der Waals surface area contributed by atoms with Crippen molar-refractivity contribution in [3.8, 4) is 5.75 Å². The van der Waals surface area contributed by atoms with Crippen LogP contribution in [0.25, 0.3) is 0 Å². The number of benzene rings is 3. The van der Waals surface area contributed by atoms with E-state index in [1.54, 1.807) is 51.1 Å². The van der Waals surface area contributed by atoms with E-state index in [0.29, 0.717) is 19.5 Å². The molecule has 0 spiro atoms. The number of phenolic OH excluding ortho intramolecular Hbond substituents is 1. The molecule has 0 bridgehead atoms. The summed E-state index contributed by atoms with van der Waals surface area (Å²) in [6.45, 7) is 1.08. The van der Waals surface area contributed by atoms with Gasteiger partial charge in [-0.2, -0.15) is 0 Å². The van der Waals surface area contributed by atoms with E-state index in [-0.39, 0.29) is 36.7 Å². The Morgan fingerprint density at radius 2 is 1.55 bits per heavy atom. The molecule has 3 aromatic rings. The molecule has 2 saturated heterocycles. The SMILES string of the molecule is CN1CC(=O)N2C(Cc3ccc(O)cc3)C(=O)N(CCCc3ccccc3)C[C@@H]2N1C(=O)NCc1ccccc1. The van der Waals surface area contributed by atoms with E-state index in [0.717, 1.165) is 24.0 Å². The number of nitrogens with zero attached hydrogens (tertiary/aromatic N) is 4. The number of urea groups is 1. The molecule has 40 heavy (non-hydrogen) atoms. The molecule has 2 atom stereocenters. The number of rotatable bonds is 8. The molecule has 208 valence electrons. The number of carbonyl (C=O) groups excluding carboxylic acids is 3. The number of carbonyl (C=O) groups is 3. The predicted molar refractivity (Wildman–Crippen MR) is 151 cm³/mol. The van der Waals surface area contributed by atoms with Crippen molar-refractivity contribution in [2.24, 2.45) is 0 Å². The lowest BCUT2D eigenvalue weighted by atomic mass is 9.98. The average Bonchev–Trinajstić information content (AvgIpc) is 2.96. The van der Waals surface area contributed by atoms with Crippen LogP contribution >= 0.6 is 0 Å². The number of nitrogens with one attached hydrogen (secondary N) is 1. The Morgan fingerprint density at radius 1 is 0.900 bits per heavy atom. The van der Waals surface area contributed by atoms with Crippen LogP contribution in [0.2, 0.25) is 0 Å². The van der Waals surface area contributed by atoms with Crippen LogP contribution in [-0.4, -0.2) is 81.7 Å². The zero-order valence-corrected chi connectivity index (χ0v) is 22.6. The average molecular weight is 542 g/mol. The van der Waals surface area contributed by atoms with Gasteiger partial charge in [0, 0.05) is 26.6 Å². The van der Waals surface area contributed by atoms with Crippen molar-refractivity contribution in [1.29, 1.82) is 0 Å². The first-order valence-corrected chi connectivity index (χ1v) is 13.6. The van der Waals surface area contributed by atoms with Gasteiger partial charge in [0.2, 0.25) is 11.8 Å². The summed E-state index contributed by atoms with van der Waals surface area (Å²) in [5, 5.41) is 15.9. The van der Waals surface area contributed by atoms with Gasteiger partial charge in [-0.25, -0.2) is 14.8 Å². The lowest BCUT2D eigenvalue weighted by molar-refractivity contribution is -0.186. The third-order valence-electron chi connectivity index (χ3n) is 7.54. The van der Waals surface area contributed by atoms with E-state index in [2.05, 4.69) is 17.4 Å². The van der Waals surface area contributed by atoms with Gasteiger partial charge in [-0.05, 0) is 41.7 Å². The van der Waals surface area contributed by atoms with Crippen LogP contribution in [0.1, 0.15) is 23.1 Å². The van der Waals surface area contributed by atoms with Gasteiger partial charge in [0.15, 0.2) is 0 Å². The van der Waals surface area contributed by atoms with Gasteiger partial charge >= 0.3 is 6.03 Å². The third-order valence-corrected chi connectivity index (χ3v) is 7.54. The summed E-state index contributed by atoms with van der Waals surface area (Å²) < 4.78 is 0. The summed E-state index contributed by atoms with van der Waals surface area (Å²) in [7, 11) is 1.72. The number of likely N-dealkylation sites (N-methyl/N-ethyl adjacent to an activating group) is 1. The molecule has 5 rings (SSSR count). The third kappa shape index (κ3) is 6.10. The second-order valence-corrected chi connectivity index (χ2v) is 10.3. The number of phenols is 1. The van der Waals surface area contributed by atoms with E-state index in [4.69, 9.17) is 0 Å². The molecular formula is C31H35N5O4. The van der Waals surface area contributed by atoms with Gasteiger partial charge in [0.05, 0.1) is 13.1 Å². The van der Waals surface area contributed by atoms with E-state index in [1.165, 1.54) is 5.56 Å². The molecule has 9 heteroatoms. The van der Waals surface area contributed by atoms with Crippen LogP contribution in [0, 0.1) is 0 Å². The first-order chi connectivity index (χ1) is 19.4. The van der Waals surface area contributed by atoms with Crippen molar-refractivity contribution < 1.29 is 19.5 Å². The highest BCUT2D eigenvalue weighted by Gasteiger charge is 2.50. The fourth-order valence-corrected chi connectivity index (χ4v) is 5.53. The van der Waals surface area contributed by atoms with Crippen LogP contribution in [0.5, 0.6) is 5.75 Å². The minimum Gasteiger partial charge on any atom is -0.508 e. The number of aromatic hydroxyl groups is 1. The van der Waals surface area contributed by atoms with E-state index in [9.17, 15) is 19.5 Å². The molecule has 0 aromatic heterocycles. The Kier molecular flexibility index (Phi) is 8.31. The normalized spacial score (nSPS) is 19.5. The molecule has 1 unspecified atom stereocenters. The van der Waals surface area contributed by atoms with Crippen molar-refractivity contribution in [1.82, 2.24) is 25.1 Å². The fraction of sp³-hybridized carbons (Fsp3) is 0.323. The Labute approximate surface area is 234 Å². The van der Waals surface area contributed by atoms with Gasteiger partial charge in [-0.3, -0.25) is 9.59 Å². The van der Waals surface area contributed by atoms with Gasteiger partial charge < -0.3 is 20.2 Å². The maximum atomic E-state index is 13.9. The van der Waals surface area contributed by atoms with Gasteiger partial charge in [-0.1, -0.05) is 72.8 Å². The summed E-state index contributed by atoms with van der Waals surface area (Å²) in [4.78, 5) is 44.2. The fourth-order valence-electron chi connectivity index (χ4n) is 5.53. The minimum absolute atomic E-state index is 0.0113. The Hall–Kier alpha value is -4.37. The molecule has 4 amide bonds. The Morgan fingerprint density at radius 3 is 2.23 bits per heavy atom. The zero-order valence-electron chi connectivity index (χ0n) is 22.6. The summed E-state index contributed by atoms with van der Waals surface area (Å²) in [6, 6.07) is 25.4. The first-order valence-electron chi connectivity index (χ1n) is 13.6. The van der Waals surface area contributed by atoms with Crippen LogP contribution < -0.4 is 5.32 Å². The monoisotopic (exact) mass is 541 g/mol. The van der Waals surface area contributed by atoms with E-state index in [1.807, 2.05) is 48.5 Å². The predicted octanol–water partition coefficient (Wildman–Crippen LogP) is 3.01. The molecule has 2 N–H and O–H groups in total. The molecular weight excluding hydrogens is 506 g/mol. The number of amides is 4. The first kappa shape index (κ1) is 27.2. The number of hydrazine groups is 1. The van der Waals surface area contributed by atoms with Crippen LogP contribution in [0.15, 0.2) is 84.9 Å². The Balaban J connectivity index is 1.39. The van der Waals surface area contributed by atoms with Crippen molar-refractivity contribution in [3.05, 3.63) is 102 Å². The van der Waals surface area contributed by atoms with Gasteiger partial charge in [0.1, 0.15) is 18.0 Å². The summed E-state index contributed by atoms with van der Waals surface area (Å²) in [5.41, 5.74) is 2.99. The molecule has 2 aliphatic rings. The zero-order chi connectivity index (χ0) is 28.1. The second-order valence-electron chi connectivity index (χ2n) is 10.3. The summed E-state index contributed by atoms with van der Waals surface area (Å²) in [5.74, 6) is -0.184. The number of hydrogen-bond acceptors (Lipinski definition) is 5. The molecule has 0 radical (unpaired) electrons. The smallest absolute Gasteiger partial charge is 0.334 e. The highest BCUT2D eigenvalue weighted by atomic mass is 16.3. The molecule has 2 aliphatic heterocycles. The highest BCUT2D eigenvalue weighted by molar-refractivity contribution is 5.91. The minimum atomic E-state index is -0.759. The van der Waals surface area contributed by atoms with Crippen molar-refractivity contribution in [3.63, 3.8) is 0 Å². The maximum absolute atomic E-state index is 13.9. The topological polar surface area (TPSA) is 96.4 Å². The van der Waals surface area contributed by atoms with Crippen LogP contribution in [-0.2, 0) is 29.0 Å². The number of piperazine rings is 1. The van der Waals surface area contributed by atoms with E-state index >= 15 is 0 Å². The quantitative estimate of drug-likeness (QED) is 0.457. The second kappa shape index (κ2) is 12.2. The Bertz CT molecular complexity index is 1320.